The Morgan fingerprint density at radius 2 is 1.74 bits per heavy atom. The number of rotatable bonds is 13. The van der Waals surface area contributed by atoms with Crippen molar-refractivity contribution in [1.29, 1.82) is 0 Å². The third-order valence-electron chi connectivity index (χ3n) is 4.38. The largest absolute Gasteiger partial charge is 0.464 e. The first kappa shape index (κ1) is 23.1. The van der Waals surface area contributed by atoms with Gasteiger partial charge in [-0.05, 0) is 37.0 Å². The monoisotopic (exact) mass is 379 g/mol. The van der Waals surface area contributed by atoms with Gasteiger partial charge >= 0.3 is 5.97 Å². The molecule has 0 saturated heterocycles. The fraction of sp³-hybridized carbons (Fsp3) is 0.636. The van der Waals surface area contributed by atoms with Crippen molar-refractivity contribution in [3.05, 3.63) is 35.6 Å². The van der Waals surface area contributed by atoms with E-state index >= 15 is 0 Å². The normalized spacial score (nSPS) is 12.0. The topological polar surface area (TPSA) is 55.4 Å². The number of carbonyl (C=O) groups is 2. The van der Waals surface area contributed by atoms with E-state index in [4.69, 9.17) is 4.74 Å². The molecule has 1 unspecified atom stereocenters. The molecular formula is C22H34FNO3. The van der Waals surface area contributed by atoms with E-state index in [1.807, 2.05) is 13.8 Å². The van der Waals surface area contributed by atoms with Crippen LogP contribution >= 0.6 is 0 Å². The highest BCUT2D eigenvalue weighted by molar-refractivity contribution is 5.96. The van der Waals surface area contributed by atoms with Gasteiger partial charge in [-0.2, -0.15) is 0 Å². The number of carbonyl (C=O) groups excluding carboxylic acids is 2. The number of benzene rings is 1. The predicted molar refractivity (Wildman–Crippen MR) is 106 cm³/mol. The van der Waals surface area contributed by atoms with Crippen molar-refractivity contribution in [1.82, 2.24) is 5.32 Å². The Labute approximate surface area is 162 Å². The van der Waals surface area contributed by atoms with Crippen LogP contribution in [0.2, 0.25) is 0 Å². The highest BCUT2D eigenvalue weighted by atomic mass is 19.1. The highest BCUT2D eigenvalue weighted by Crippen LogP contribution is 2.11. The second kappa shape index (κ2) is 13.3. The van der Waals surface area contributed by atoms with Crippen molar-refractivity contribution in [2.75, 3.05) is 6.61 Å². The second-order valence-corrected chi connectivity index (χ2v) is 7.45. The van der Waals surface area contributed by atoms with E-state index in [0.717, 1.165) is 25.3 Å². The van der Waals surface area contributed by atoms with Gasteiger partial charge in [-0.3, -0.25) is 4.79 Å². The quantitative estimate of drug-likeness (QED) is 0.375. The minimum absolute atomic E-state index is 0.198. The lowest BCUT2D eigenvalue weighted by Crippen LogP contribution is -2.42. The fourth-order valence-electron chi connectivity index (χ4n) is 2.89. The van der Waals surface area contributed by atoms with E-state index in [-0.39, 0.29) is 11.5 Å². The second-order valence-electron chi connectivity index (χ2n) is 7.45. The lowest BCUT2D eigenvalue weighted by Gasteiger charge is -2.19. The predicted octanol–water partition coefficient (Wildman–Crippen LogP) is 5.26. The molecule has 0 heterocycles. The number of hydrogen-bond acceptors (Lipinski definition) is 3. The van der Waals surface area contributed by atoms with Gasteiger partial charge in [0.05, 0.1) is 6.61 Å². The summed E-state index contributed by atoms with van der Waals surface area (Å²) in [7, 11) is 0. The summed E-state index contributed by atoms with van der Waals surface area (Å²) in [6, 6.07) is 4.71. The van der Waals surface area contributed by atoms with Gasteiger partial charge in [0.25, 0.3) is 5.91 Å². The summed E-state index contributed by atoms with van der Waals surface area (Å²) < 4.78 is 18.7. The molecule has 0 bridgehead atoms. The lowest BCUT2D eigenvalue weighted by atomic mass is 10.0. The van der Waals surface area contributed by atoms with Crippen LogP contribution in [0.1, 0.15) is 82.5 Å². The molecule has 0 fully saturated rings. The van der Waals surface area contributed by atoms with Crippen LogP contribution in [0.5, 0.6) is 0 Å². The Bertz CT molecular complexity index is 574. The first-order valence-electron chi connectivity index (χ1n) is 10.2. The summed E-state index contributed by atoms with van der Waals surface area (Å²) in [5, 5.41) is 2.69. The van der Waals surface area contributed by atoms with Crippen LogP contribution in [0.3, 0.4) is 0 Å². The molecule has 1 aromatic rings. The summed E-state index contributed by atoms with van der Waals surface area (Å²) in [5.74, 6) is -1.15. The lowest BCUT2D eigenvalue weighted by molar-refractivity contribution is -0.146. The molecule has 1 amide bonds. The Hall–Kier alpha value is -1.91. The van der Waals surface area contributed by atoms with Crippen LogP contribution < -0.4 is 5.32 Å². The zero-order valence-corrected chi connectivity index (χ0v) is 16.9. The minimum Gasteiger partial charge on any atom is -0.464 e. The van der Waals surface area contributed by atoms with E-state index in [2.05, 4.69) is 12.2 Å². The summed E-state index contributed by atoms with van der Waals surface area (Å²) >= 11 is 0. The molecule has 1 aromatic carbocycles. The van der Waals surface area contributed by atoms with Crippen LogP contribution in [0.25, 0.3) is 0 Å². The Morgan fingerprint density at radius 1 is 1.07 bits per heavy atom. The maximum atomic E-state index is 13.3. The van der Waals surface area contributed by atoms with Crippen LogP contribution in [-0.2, 0) is 9.53 Å². The molecule has 5 heteroatoms. The maximum Gasteiger partial charge on any atom is 0.328 e. The van der Waals surface area contributed by atoms with Gasteiger partial charge < -0.3 is 10.1 Å². The number of amides is 1. The SMILES string of the molecule is CCCCCCCCCOC(=O)C(CC(C)C)NC(=O)c1cccc(F)c1. The molecule has 4 nitrogen and oxygen atoms in total. The third-order valence-corrected chi connectivity index (χ3v) is 4.38. The molecule has 0 aliphatic rings. The van der Waals surface area contributed by atoms with Gasteiger partial charge in [-0.15, -0.1) is 0 Å². The average Bonchev–Trinajstić information content (AvgIpc) is 2.62. The van der Waals surface area contributed by atoms with Crippen LogP contribution in [0.15, 0.2) is 24.3 Å². The van der Waals surface area contributed by atoms with Crippen molar-refractivity contribution in [3.8, 4) is 0 Å². The summed E-state index contributed by atoms with van der Waals surface area (Å²) in [5.41, 5.74) is 0.198. The maximum absolute atomic E-state index is 13.3. The molecule has 1 N–H and O–H groups in total. The fourth-order valence-corrected chi connectivity index (χ4v) is 2.89. The molecule has 0 aromatic heterocycles. The molecule has 1 atom stereocenters. The van der Waals surface area contributed by atoms with Crippen LogP contribution in [0.4, 0.5) is 4.39 Å². The third kappa shape index (κ3) is 10.1. The number of esters is 1. The minimum atomic E-state index is -0.717. The number of nitrogens with one attached hydrogen (secondary N) is 1. The van der Waals surface area contributed by atoms with E-state index in [0.29, 0.717) is 13.0 Å². The van der Waals surface area contributed by atoms with E-state index in [1.165, 1.54) is 43.9 Å². The van der Waals surface area contributed by atoms with Crippen molar-refractivity contribution in [3.63, 3.8) is 0 Å². The Balaban J connectivity index is 2.43. The van der Waals surface area contributed by atoms with Gasteiger partial charge in [-0.25, -0.2) is 9.18 Å². The van der Waals surface area contributed by atoms with Gasteiger partial charge in [-0.1, -0.05) is 65.4 Å². The first-order valence-corrected chi connectivity index (χ1v) is 10.2. The molecular weight excluding hydrogens is 345 g/mol. The zero-order valence-electron chi connectivity index (χ0n) is 16.9. The molecule has 0 radical (unpaired) electrons. The number of halogens is 1. The van der Waals surface area contributed by atoms with E-state index < -0.39 is 23.7 Å². The summed E-state index contributed by atoms with van der Waals surface area (Å²) in [4.78, 5) is 24.7. The van der Waals surface area contributed by atoms with Crippen molar-refractivity contribution < 1.29 is 18.7 Å². The van der Waals surface area contributed by atoms with Gasteiger partial charge in [0.15, 0.2) is 0 Å². The summed E-state index contributed by atoms with van der Waals surface area (Å²) in [6.07, 6.45) is 8.51. The summed E-state index contributed by atoms with van der Waals surface area (Å²) in [6.45, 7) is 6.52. The molecule has 1 rings (SSSR count). The van der Waals surface area contributed by atoms with E-state index in [9.17, 15) is 14.0 Å². The molecule has 0 aliphatic heterocycles. The molecule has 0 spiro atoms. The molecule has 0 aliphatic carbocycles. The number of ether oxygens (including phenoxy) is 1. The van der Waals surface area contributed by atoms with Crippen LogP contribution in [-0.4, -0.2) is 24.5 Å². The van der Waals surface area contributed by atoms with Crippen LogP contribution in [0, 0.1) is 11.7 Å². The van der Waals surface area contributed by atoms with Gasteiger partial charge in [0.2, 0.25) is 0 Å². The number of hydrogen-bond donors (Lipinski definition) is 1. The Morgan fingerprint density at radius 3 is 2.37 bits per heavy atom. The van der Waals surface area contributed by atoms with Crippen molar-refractivity contribution in [2.24, 2.45) is 5.92 Å². The molecule has 152 valence electrons. The standard InChI is InChI=1S/C22H34FNO3/c1-4-5-6-7-8-9-10-14-27-22(26)20(15-17(2)3)24-21(25)18-12-11-13-19(23)16-18/h11-13,16-17,20H,4-10,14-15H2,1-3H3,(H,24,25). The Kier molecular flexibility index (Phi) is 11.4. The van der Waals surface area contributed by atoms with Gasteiger partial charge in [0, 0.05) is 5.56 Å². The first-order chi connectivity index (χ1) is 12.9. The van der Waals surface area contributed by atoms with Gasteiger partial charge in [0.1, 0.15) is 11.9 Å². The van der Waals surface area contributed by atoms with E-state index in [1.54, 1.807) is 0 Å². The number of unbranched alkanes of at least 4 members (excludes halogenated alkanes) is 6. The molecule has 0 saturated carbocycles. The average molecular weight is 380 g/mol. The smallest absolute Gasteiger partial charge is 0.328 e. The van der Waals surface area contributed by atoms with Crippen molar-refractivity contribution in [2.45, 2.75) is 78.2 Å². The highest BCUT2D eigenvalue weighted by Gasteiger charge is 2.24. The molecule has 27 heavy (non-hydrogen) atoms. The zero-order chi connectivity index (χ0) is 20.1. The van der Waals surface area contributed by atoms with Crippen molar-refractivity contribution >= 4 is 11.9 Å².